The molecule has 0 amide bonds. The highest BCUT2D eigenvalue weighted by molar-refractivity contribution is 7.86. The van der Waals surface area contributed by atoms with Crippen LogP contribution in [0.25, 0.3) is 5.57 Å². The van der Waals surface area contributed by atoms with E-state index >= 15 is 0 Å². The average Bonchev–Trinajstić information content (AvgIpc) is 2.72. The SMILES string of the molecule is COc1ccc(C)cc1/C(=C\COS(=O)(=O)c1ccccc1)c1ccccc1. The second kappa shape index (κ2) is 8.87. The van der Waals surface area contributed by atoms with Crippen LogP contribution in [0.2, 0.25) is 0 Å². The molecule has 0 saturated carbocycles. The molecule has 0 atom stereocenters. The molecule has 28 heavy (non-hydrogen) atoms. The Morgan fingerprint density at radius 3 is 2.21 bits per heavy atom. The van der Waals surface area contributed by atoms with Crippen LogP contribution in [0.1, 0.15) is 16.7 Å². The molecule has 3 aromatic carbocycles. The normalized spacial score (nSPS) is 12.0. The summed E-state index contributed by atoms with van der Waals surface area (Å²) >= 11 is 0. The van der Waals surface area contributed by atoms with Crippen molar-refractivity contribution in [2.24, 2.45) is 0 Å². The van der Waals surface area contributed by atoms with Gasteiger partial charge in [-0.25, -0.2) is 0 Å². The molecule has 0 aliphatic carbocycles. The number of aryl methyl sites for hydroxylation is 1. The molecule has 0 aliphatic heterocycles. The highest BCUT2D eigenvalue weighted by Gasteiger charge is 2.15. The van der Waals surface area contributed by atoms with Crippen LogP contribution in [-0.2, 0) is 14.3 Å². The van der Waals surface area contributed by atoms with Gasteiger partial charge in [0.25, 0.3) is 10.1 Å². The van der Waals surface area contributed by atoms with Crippen LogP contribution >= 0.6 is 0 Å². The van der Waals surface area contributed by atoms with E-state index < -0.39 is 10.1 Å². The molecule has 0 radical (unpaired) electrons. The first-order valence-electron chi connectivity index (χ1n) is 8.86. The number of hydrogen-bond donors (Lipinski definition) is 0. The smallest absolute Gasteiger partial charge is 0.297 e. The van der Waals surface area contributed by atoms with E-state index in [0.29, 0.717) is 5.75 Å². The summed E-state index contributed by atoms with van der Waals surface area (Å²) in [5.74, 6) is 0.714. The van der Waals surface area contributed by atoms with Gasteiger partial charge in [-0.15, -0.1) is 0 Å². The van der Waals surface area contributed by atoms with Gasteiger partial charge < -0.3 is 4.74 Å². The van der Waals surface area contributed by atoms with Crippen molar-refractivity contribution in [2.45, 2.75) is 11.8 Å². The van der Waals surface area contributed by atoms with Crippen LogP contribution < -0.4 is 4.74 Å². The molecule has 0 N–H and O–H groups in total. The minimum Gasteiger partial charge on any atom is -0.496 e. The van der Waals surface area contributed by atoms with Crippen LogP contribution in [-0.4, -0.2) is 22.1 Å². The van der Waals surface area contributed by atoms with Crippen molar-refractivity contribution in [3.63, 3.8) is 0 Å². The van der Waals surface area contributed by atoms with Gasteiger partial charge in [-0.05, 0) is 48.4 Å². The lowest BCUT2D eigenvalue weighted by Crippen LogP contribution is -2.07. The number of rotatable bonds is 7. The van der Waals surface area contributed by atoms with Gasteiger partial charge >= 0.3 is 0 Å². The van der Waals surface area contributed by atoms with Crippen molar-refractivity contribution in [2.75, 3.05) is 13.7 Å². The molecule has 4 nitrogen and oxygen atoms in total. The summed E-state index contributed by atoms with van der Waals surface area (Å²) in [5, 5.41) is 0. The van der Waals surface area contributed by atoms with Crippen LogP contribution in [0.4, 0.5) is 0 Å². The van der Waals surface area contributed by atoms with E-state index in [1.54, 1.807) is 31.4 Å². The highest BCUT2D eigenvalue weighted by Crippen LogP contribution is 2.32. The number of hydrogen-bond acceptors (Lipinski definition) is 4. The second-order valence-corrected chi connectivity index (χ2v) is 7.85. The molecule has 3 rings (SSSR count). The summed E-state index contributed by atoms with van der Waals surface area (Å²) < 4.78 is 35.5. The monoisotopic (exact) mass is 394 g/mol. The Labute approximate surface area is 166 Å². The molecule has 0 aliphatic rings. The third-order valence-electron chi connectivity index (χ3n) is 4.27. The van der Waals surface area contributed by atoms with Gasteiger partial charge in [0.05, 0.1) is 18.6 Å². The molecule has 5 heteroatoms. The zero-order valence-electron chi connectivity index (χ0n) is 15.8. The van der Waals surface area contributed by atoms with Crippen molar-refractivity contribution in [1.29, 1.82) is 0 Å². The zero-order valence-corrected chi connectivity index (χ0v) is 16.6. The molecule has 0 fully saturated rings. The largest absolute Gasteiger partial charge is 0.496 e. The lowest BCUT2D eigenvalue weighted by Gasteiger charge is -2.14. The number of ether oxygens (including phenoxy) is 1. The van der Waals surface area contributed by atoms with Gasteiger partial charge in [0.2, 0.25) is 0 Å². The average molecular weight is 394 g/mol. The maximum absolute atomic E-state index is 12.4. The molecular formula is C23H22O4S. The Morgan fingerprint density at radius 2 is 1.57 bits per heavy atom. The predicted octanol–water partition coefficient (Wildman–Crippen LogP) is 4.84. The van der Waals surface area contributed by atoms with Crippen molar-refractivity contribution < 1.29 is 17.3 Å². The molecule has 144 valence electrons. The summed E-state index contributed by atoms with van der Waals surface area (Å²) in [6.45, 7) is 1.92. The lowest BCUT2D eigenvalue weighted by molar-refractivity contribution is 0.357. The van der Waals surface area contributed by atoms with Gasteiger partial charge in [0.15, 0.2) is 0 Å². The first-order chi connectivity index (χ1) is 13.5. The second-order valence-electron chi connectivity index (χ2n) is 6.24. The maximum Gasteiger partial charge on any atom is 0.297 e. The third kappa shape index (κ3) is 4.68. The van der Waals surface area contributed by atoms with E-state index in [2.05, 4.69) is 0 Å². The highest BCUT2D eigenvalue weighted by atomic mass is 32.2. The molecule has 0 saturated heterocycles. The molecule has 0 aromatic heterocycles. The molecule has 0 unspecified atom stereocenters. The molecule has 0 bridgehead atoms. The molecule has 0 heterocycles. The molecule has 0 spiro atoms. The fourth-order valence-corrected chi connectivity index (χ4v) is 3.77. The van der Waals surface area contributed by atoms with Crippen LogP contribution in [0, 0.1) is 6.92 Å². The summed E-state index contributed by atoms with van der Waals surface area (Å²) in [6, 6.07) is 23.8. The fourth-order valence-electron chi connectivity index (χ4n) is 2.90. The molecule has 3 aromatic rings. The third-order valence-corrected chi connectivity index (χ3v) is 5.57. The Bertz CT molecular complexity index is 1060. The van der Waals surface area contributed by atoms with E-state index in [0.717, 1.165) is 22.3 Å². The maximum atomic E-state index is 12.4. The van der Waals surface area contributed by atoms with Crippen LogP contribution in [0.5, 0.6) is 5.75 Å². The first-order valence-corrected chi connectivity index (χ1v) is 10.3. The minimum absolute atomic E-state index is 0.0848. The van der Waals surface area contributed by atoms with Gasteiger partial charge in [0, 0.05) is 5.56 Å². The van der Waals surface area contributed by atoms with Gasteiger partial charge in [-0.2, -0.15) is 8.42 Å². The van der Waals surface area contributed by atoms with E-state index in [4.69, 9.17) is 8.92 Å². The van der Waals surface area contributed by atoms with E-state index in [1.165, 1.54) is 12.1 Å². The summed E-state index contributed by atoms with van der Waals surface area (Å²) in [5.41, 5.74) is 3.77. The van der Waals surface area contributed by atoms with E-state index in [1.807, 2.05) is 55.5 Å². The number of methoxy groups -OCH3 is 1. The van der Waals surface area contributed by atoms with Gasteiger partial charge in [0.1, 0.15) is 5.75 Å². The predicted molar refractivity (Wildman–Crippen MR) is 111 cm³/mol. The summed E-state index contributed by atoms with van der Waals surface area (Å²) in [4.78, 5) is 0.137. The summed E-state index contributed by atoms with van der Waals surface area (Å²) in [6.07, 6.45) is 1.77. The topological polar surface area (TPSA) is 52.6 Å². The van der Waals surface area contributed by atoms with Crippen molar-refractivity contribution in [1.82, 2.24) is 0 Å². The van der Waals surface area contributed by atoms with Gasteiger partial charge in [-0.3, -0.25) is 4.18 Å². The Balaban J connectivity index is 1.96. The van der Waals surface area contributed by atoms with Crippen LogP contribution in [0.15, 0.2) is 89.8 Å². The Morgan fingerprint density at radius 1 is 0.929 bits per heavy atom. The summed E-state index contributed by atoms with van der Waals surface area (Å²) in [7, 11) is -2.20. The first kappa shape index (κ1) is 19.9. The standard InChI is InChI=1S/C23H22O4S/c1-18-13-14-23(26-2)22(17-18)21(19-9-5-3-6-10-19)15-16-27-28(24,25)20-11-7-4-8-12-20/h3-15,17H,16H2,1-2H3/b21-15-. The van der Waals surface area contributed by atoms with Crippen LogP contribution in [0.3, 0.4) is 0 Å². The minimum atomic E-state index is -3.82. The molecular weight excluding hydrogens is 372 g/mol. The van der Waals surface area contributed by atoms with E-state index in [9.17, 15) is 8.42 Å². The van der Waals surface area contributed by atoms with Crippen molar-refractivity contribution in [3.05, 3.63) is 102 Å². The Kier molecular flexibility index (Phi) is 6.29. The fraction of sp³-hybridized carbons (Fsp3) is 0.130. The van der Waals surface area contributed by atoms with Crippen molar-refractivity contribution >= 4 is 15.7 Å². The number of benzene rings is 3. The Hall–Kier alpha value is -2.89. The van der Waals surface area contributed by atoms with E-state index in [-0.39, 0.29) is 11.5 Å². The van der Waals surface area contributed by atoms with Gasteiger partial charge in [-0.1, -0.05) is 60.2 Å². The quantitative estimate of drug-likeness (QED) is 0.538. The zero-order chi connectivity index (χ0) is 20.0. The lowest BCUT2D eigenvalue weighted by atomic mass is 9.95. The van der Waals surface area contributed by atoms with Crippen molar-refractivity contribution in [3.8, 4) is 5.75 Å².